The van der Waals surface area contributed by atoms with Crippen molar-refractivity contribution in [3.05, 3.63) is 34.3 Å². The maximum atomic E-state index is 11.9. The van der Waals surface area contributed by atoms with Gasteiger partial charge in [-0.15, -0.1) is 12.4 Å². The van der Waals surface area contributed by atoms with Crippen molar-refractivity contribution in [1.82, 2.24) is 16.0 Å². The van der Waals surface area contributed by atoms with E-state index in [2.05, 4.69) is 31.9 Å². The molecule has 0 radical (unpaired) electrons. The molecule has 0 bridgehead atoms. The van der Waals surface area contributed by atoms with E-state index in [4.69, 9.17) is 0 Å². The molecule has 1 atom stereocenters. The number of halogens is 2. The molecule has 5 nitrogen and oxygen atoms in total. The lowest BCUT2D eigenvalue weighted by Gasteiger charge is -2.22. The van der Waals surface area contributed by atoms with Crippen molar-refractivity contribution in [1.29, 1.82) is 0 Å². The second-order valence-corrected chi connectivity index (χ2v) is 6.44. The topological polar surface area (TPSA) is 70.2 Å². The van der Waals surface area contributed by atoms with E-state index >= 15 is 0 Å². The van der Waals surface area contributed by atoms with Crippen molar-refractivity contribution in [3.63, 3.8) is 0 Å². The van der Waals surface area contributed by atoms with Crippen LogP contribution in [0.4, 0.5) is 0 Å². The summed E-state index contributed by atoms with van der Waals surface area (Å²) in [6.45, 7) is 3.11. The van der Waals surface area contributed by atoms with Crippen LogP contribution < -0.4 is 16.0 Å². The molecule has 2 amide bonds. The fraction of sp³-hybridized carbons (Fsp3) is 0.500. The van der Waals surface area contributed by atoms with E-state index in [1.54, 1.807) is 12.1 Å². The Morgan fingerprint density at radius 1 is 1.22 bits per heavy atom. The molecule has 1 unspecified atom stereocenters. The van der Waals surface area contributed by atoms with E-state index in [-0.39, 0.29) is 24.2 Å². The van der Waals surface area contributed by atoms with Gasteiger partial charge in [-0.05, 0) is 56.1 Å². The summed E-state index contributed by atoms with van der Waals surface area (Å²) in [6.07, 6.45) is 2.64. The first-order valence-corrected chi connectivity index (χ1v) is 8.45. The molecule has 1 saturated heterocycles. The van der Waals surface area contributed by atoms with E-state index in [1.165, 1.54) is 6.42 Å². The van der Waals surface area contributed by atoms with E-state index in [1.807, 2.05) is 12.1 Å². The van der Waals surface area contributed by atoms with E-state index < -0.39 is 0 Å². The minimum Gasteiger partial charge on any atom is -0.356 e. The lowest BCUT2D eigenvalue weighted by atomic mass is 10.00. The lowest BCUT2D eigenvalue weighted by molar-refractivity contribution is -0.121. The summed E-state index contributed by atoms with van der Waals surface area (Å²) in [5.74, 6) is 0.355. The van der Waals surface area contributed by atoms with Gasteiger partial charge in [-0.3, -0.25) is 9.59 Å². The third kappa shape index (κ3) is 7.33. The van der Waals surface area contributed by atoms with Crippen molar-refractivity contribution < 1.29 is 9.59 Å². The van der Waals surface area contributed by atoms with Crippen LogP contribution >= 0.6 is 28.3 Å². The Kier molecular flexibility index (Phi) is 9.21. The van der Waals surface area contributed by atoms with Crippen molar-refractivity contribution in [3.8, 4) is 0 Å². The number of carbonyl (C=O) groups is 2. The van der Waals surface area contributed by atoms with Crippen molar-refractivity contribution in [2.75, 3.05) is 26.2 Å². The Morgan fingerprint density at radius 2 is 1.96 bits per heavy atom. The Morgan fingerprint density at radius 3 is 2.61 bits per heavy atom. The third-order valence-corrected chi connectivity index (χ3v) is 4.26. The van der Waals surface area contributed by atoms with E-state index in [0.29, 0.717) is 31.0 Å². The first kappa shape index (κ1) is 19.9. The molecular formula is C16H23BrClN3O2. The average molecular weight is 405 g/mol. The number of rotatable bonds is 6. The monoisotopic (exact) mass is 403 g/mol. The maximum absolute atomic E-state index is 11.9. The summed E-state index contributed by atoms with van der Waals surface area (Å²) < 4.78 is 0.931. The highest BCUT2D eigenvalue weighted by atomic mass is 79.9. The summed E-state index contributed by atoms with van der Waals surface area (Å²) in [4.78, 5) is 23.6. The van der Waals surface area contributed by atoms with E-state index in [9.17, 15) is 9.59 Å². The van der Waals surface area contributed by atoms with Gasteiger partial charge in [-0.25, -0.2) is 0 Å². The quantitative estimate of drug-likeness (QED) is 0.680. The van der Waals surface area contributed by atoms with Gasteiger partial charge in [0.1, 0.15) is 0 Å². The molecule has 0 spiro atoms. The molecule has 1 heterocycles. The summed E-state index contributed by atoms with van der Waals surface area (Å²) in [6, 6.07) is 7.13. The van der Waals surface area contributed by atoms with Crippen LogP contribution in [-0.4, -0.2) is 38.0 Å². The van der Waals surface area contributed by atoms with Crippen molar-refractivity contribution in [2.24, 2.45) is 5.92 Å². The first-order valence-electron chi connectivity index (χ1n) is 7.66. The predicted molar refractivity (Wildman–Crippen MR) is 96.9 cm³/mol. The second kappa shape index (κ2) is 10.6. The highest BCUT2D eigenvalue weighted by Crippen LogP contribution is 2.10. The number of amides is 2. The molecule has 23 heavy (non-hydrogen) atoms. The van der Waals surface area contributed by atoms with Gasteiger partial charge >= 0.3 is 0 Å². The Balaban J connectivity index is 0.00000264. The minimum absolute atomic E-state index is 0. The van der Waals surface area contributed by atoms with Crippen LogP contribution in [0.25, 0.3) is 0 Å². The van der Waals surface area contributed by atoms with Gasteiger partial charge in [0.15, 0.2) is 0 Å². The van der Waals surface area contributed by atoms with Gasteiger partial charge in [-0.1, -0.05) is 15.9 Å². The van der Waals surface area contributed by atoms with Crippen LogP contribution in [0.2, 0.25) is 0 Å². The molecule has 7 heteroatoms. The van der Waals surface area contributed by atoms with Crippen LogP contribution in [0.3, 0.4) is 0 Å². The molecule has 0 aromatic heterocycles. The number of hydrogen-bond acceptors (Lipinski definition) is 3. The lowest BCUT2D eigenvalue weighted by Crippen LogP contribution is -2.39. The summed E-state index contributed by atoms with van der Waals surface area (Å²) in [5, 5.41) is 9.02. The number of hydrogen-bond donors (Lipinski definition) is 3. The zero-order valence-electron chi connectivity index (χ0n) is 12.9. The van der Waals surface area contributed by atoms with Crippen LogP contribution in [0.1, 0.15) is 29.6 Å². The van der Waals surface area contributed by atoms with Gasteiger partial charge < -0.3 is 16.0 Å². The van der Waals surface area contributed by atoms with Gasteiger partial charge in [0.25, 0.3) is 5.91 Å². The van der Waals surface area contributed by atoms with Crippen LogP contribution in [0, 0.1) is 5.92 Å². The van der Waals surface area contributed by atoms with Gasteiger partial charge in [0.05, 0.1) is 0 Å². The van der Waals surface area contributed by atoms with Gasteiger partial charge in [0, 0.05) is 29.5 Å². The molecule has 1 aliphatic rings. The number of nitrogens with one attached hydrogen (secondary N) is 3. The summed E-state index contributed by atoms with van der Waals surface area (Å²) in [7, 11) is 0. The number of benzene rings is 1. The van der Waals surface area contributed by atoms with Crippen molar-refractivity contribution in [2.45, 2.75) is 19.3 Å². The minimum atomic E-state index is -0.156. The van der Waals surface area contributed by atoms with Gasteiger partial charge in [-0.2, -0.15) is 0 Å². The number of piperidine rings is 1. The molecule has 1 aromatic carbocycles. The molecule has 128 valence electrons. The highest BCUT2D eigenvalue weighted by molar-refractivity contribution is 9.10. The molecular weight excluding hydrogens is 382 g/mol. The molecule has 0 saturated carbocycles. The highest BCUT2D eigenvalue weighted by Gasteiger charge is 2.13. The third-order valence-electron chi connectivity index (χ3n) is 3.73. The van der Waals surface area contributed by atoms with E-state index in [0.717, 1.165) is 24.0 Å². The SMILES string of the molecule is Cl.O=C(CCNC(=O)c1ccc(Br)cc1)NCC1CCCNC1. The molecule has 2 rings (SSSR count). The fourth-order valence-corrected chi connectivity index (χ4v) is 2.70. The summed E-state index contributed by atoms with van der Waals surface area (Å²) in [5.41, 5.74) is 0.594. The standard InChI is InChI=1S/C16H22BrN3O2.ClH/c17-14-5-3-13(4-6-14)16(22)19-9-7-15(21)20-11-12-2-1-8-18-10-12;/h3-6,12,18H,1-2,7-11H2,(H,19,22)(H,20,21);1H. The van der Waals surface area contributed by atoms with Crippen LogP contribution in [0.15, 0.2) is 28.7 Å². The number of carbonyl (C=O) groups excluding carboxylic acids is 2. The molecule has 1 aliphatic heterocycles. The average Bonchev–Trinajstić information content (AvgIpc) is 2.54. The Hall–Kier alpha value is -1.11. The van der Waals surface area contributed by atoms with Crippen molar-refractivity contribution >= 4 is 40.2 Å². The predicted octanol–water partition coefficient (Wildman–Crippen LogP) is 2.11. The normalized spacial score (nSPS) is 17.0. The second-order valence-electron chi connectivity index (χ2n) is 5.53. The molecule has 1 aromatic rings. The molecule has 3 N–H and O–H groups in total. The zero-order chi connectivity index (χ0) is 15.8. The summed E-state index contributed by atoms with van der Waals surface area (Å²) >= 11 is 3.33. The fourth-order valence-electron chi connectivity index (χ4n) is 2.44. The van der Waals surface area contributed by atoms with Gasteiger partial charge in [0.2, 0.25) is 5.91 Å². The maximum Gasteiger partial charge on any atom is 0.251 e. The van der Waals surface area contributed by atoms with Crippen LogP contribution in [-0.2, 0) is 4.79 Å². The molecule has 0 aliphatic carbocycles. The Bertz CT molecular complexity index is 505. The zero-order valence-corrected chi connectivity index (χ0v) is 15.3. The largest absolute Gasteiger partial charge is 0.356 e. The smallest absolute Gasteiger partial charge is 0.251 e. The van der Waals surface area contributed by atoms with Crippen LogP contribution in [0.5, 0.6) is 0 Å². The first-order chi connectivity index (χ1) is 10.6. The molecule has 1 fully saturated rings. The Labute approximate surface area is 151 Å².